The molecule has 110 valence electrons. The summed E-state index contributed by atoms with van der Waals surface area (Å²) in [5.74, 6) is 0.984. The van der Waals surface area contributed by atoms with Crippen LogP contribution in [0.3, 0.4) is 0 Å². The number of nitrogens with one attached hydrogen (secondary N) is 1. The van der Waals surface area contributed by atoms with Gasteiger partial charge in [-0.15, -0.1) is 0 Å². The maximum absolute atomic E-state index is 5.89. The first kappa shape index (κ1) is 13.9. The van der Waals surface area contributed by atoms with Crippen LogP contribution in [0, 0.1) is 0 Å². The summed E-state index contributed by atoms with van der Waals surface area (Å²) in [5.41, 5.74) is 1.70. The number of likely N-dealkylation sites (N-methyl/N-ethyl adjacent to an activating group) is 1. The van der Waals surface area contributed by atoms with Crippen molar-refractivity contribution in [2.45, 2.75) is 18.4 Å². The van der Waals surface area contributed by atoms with Crippen LogP contribution in [0.15, 0.2) is 24.3 Å². The fourth-order valence-corrected chi connectivity index (χ4v) is 2.93. The summed E-state index contributed by atoms with van der Waals surface area (Å²) in [5, 5.41) is 3.17. The first-order valence-electron chi connectivity index (χ1n) is 7.52. The first-order valence-corrected chi connectivity index (χ1v) is 7.52. The zero-order chi connectivity index (χ0) is 13.8. The molecule has 2 aliphatic rings. The lowest BCUT2D eigenvalue weighted by Gasteiger charge is -2.57. The zero-order valence-corrected chi connectivity index (χ0v) is 12.2. The predicted molar refractivity (Wildman–Crippen MR) is 79.3 cm³/mol. The minimum absolute atomic E-state index is 0.373. The van der Waals surface area contributed by atoms with E-state index < -0.39 is 0 Å². The van der Waals surface area contributed by atoms with Gasteiger partial charge in [0.15, 0.2) is 0 Å². The third kappa shape index (κ3) is 2.82. The molecule has 4 nitrogen and oxygen atoms in total. The number of rotatable bonds is 7. The smallest absolute Gasteiger partial charge is 0.119 e. The van der Waals surface area contributed by atoms with Crippen molar-refractivity contribution in [2.24, 2.45) is 0 Å². The average molecular weight is 276 g/mol. The Morgan fingerprint density at radius 1 is 1.40 bits per heavy atom. The van der Waals surface area contributed by atoms with Crippen LogP contribution in [-0.4, -0.2) is 56.9 Å². The Labute approximate surface area is 121 Å². The fourth-order valence-electron chi connectivity index (χ4n) is 2.93. The highest BCUT2D eigenvalue weighted by Crippen LogP contribution is 2.36. The maximum Gasteiger partial charge on any atom is 0.119 e. The second-order valence-corrected chi connectivity index (χ2v) is 5.80. The highest BCUT2D eigenvalue weighted by Gasteiger charge is 2.50. The van der Waals surface area contributed by atoms with Gasteiger partial charge >= 0.3 is 0 Å². The van der Waals surface area contributed by atoms with Gasteiger partial charge in [0, 0.05) is 13.1 Å². The monoisotopic (exact) mass is 276 g/mol. The molecule has 1 aromatic rings. The zero-order valence-electron chi connectivity index (χ0n) is 12.2. The molecule has 0 aromatic heterocycles. The van der Waals surface area contributed by atoms with Gasteiger partial charge in [-0.2, -0.15) is 0 Å². The van der Waals surface area contributed by atoms with Crippen LogP contribution in [-0.2, 0) is 11.2 Å². The number of ether oxygens (including phenoxy) is 2. The van der Waals surface area contributed by atoms with Gasteiger partial charge in [0.1, 0.15) is 12.4 Å². The lowest BCUT2D eigenvalue weighted by atomic mass is 9.83. The Hall–Kier alpha value is -1.10. The Kier molecular flexibility index (Phi) is 4.24. The van der Waals surface area contributed by atoms with Crippen LogP contribution in [0.1, 0.15) is 12.0 Å². The van der Waals surface area contributed by atoms with E-state index in [1.165, 1.54) is 18.5 Å². The molecule has 0 unspecified atom stereocenters. The van der Waals surface area contributed by atoms with E-state index in [1.54, 1.807) is 0 Å². The van der Waals surface area contributed by atoms with E-state index in [1.807, 2.05) is 13.1 Å². The van der Waals surface area contributed by atoms with Crippen molar-refractivity contribution in [2.75, 3.05) is 46.5 Å². The van der Waals surface area contributed by atoms with Gasteiger partial charge in [-0.05, 0) is 44.1 Å². The quantitative estimate of drug-likeness (QED) is 0.814. The van der Waals surface area contributed by atoms with E-state index in [2.05, 4.69) is 28.4 Å². The van der Waals surface area contributed by atoms with Gasteiger partial charge in [0.2, 0.25) is 0 Å². The standard InChI is InChI=1S/C16H24N2O2/c1-17-7-5-14-3-2-4-15(11-14)20-10-9-18-8-6-16(18)12-19-13-16/h2-4,11,17H,5-10,12-13H2,1H3. The number of likely N-dealkylation sites (tertiary alicyclic amines) is 1. The Balaban J connectivity index is 1.44. The van der Waals surface area contributed by atoms with Crippen LogP contribution in [0.2, 0.25) is 0 Å². The second kappa shape index (κ2) is 6.12. The third-order valence-electron chi connectivity index (χ3n) is 4.45. The van der Waals surface area contributed by atoms with Crippen molar-refractivity contribution < 1.29 is 9.47 Å². The second-order valence-electron chi connectivity index (χ2n) is 5.80. The molecule has 0 amide bonds. The van der Waals surface area contributed by atoms with Gasteiger partial charge in [-0.1, -0.05) is 12.1 Å². The summed E-state index contributed by atoms with van der Waals surface area (Å²) in [6.07, 6.45) is 2.33. The fraction of sp³-hybridized carbons (Fsp3) is 0.625. The lowest BCUT2D eigenvalue weighted by molar-refractivity contribution is -0.193. The van der Waals surface area contributed by atoms with Crippen LogP contribution in [0.5, 0.6) is 5.75 Å². The molecule has 0 atom stereocenters. The molecule has 2 heterocycles. The molecule has 0 radical (unpaired) electrons. The van der Waals surface area contributed by atoms with E-state index in [0.717, 1.165) is 45.1 Å². The molecular formula is C16H24N2O2. The van der Waals surface area contributed by atoms with E-state index in [-0.39, 0.29) is 0 Å². The van der Waals surface area contributed by atoms with E-state index >= 15 is 0 Å². The molecular weight excluding hydrogens is 252 g/mol. The Bertz CT molecular complexity index is 440. The number of hydrogen-bond donors (Lipinski definition) is 1. The molecule has 2 aliphatic heterocycles. The number of benzene rings is 1. The minimum Gasteiger partial charge on any atom is -0.492 e. The first-order chi connectivity index (χ1) is 9.82. The number of nitrogens with zero attached hydrogens (tertiary/aromatic N) is 1. The summed E-state index contributed by atoms with van der Waals surface area (Å²) in [4.78, 5) is 2.50. The minimum atomic E-state index is 0.373. The molecule has 2 fully saturated rings. The van der Waals surface area contributed by atoms with Gasteiger partial charge in [0.05, 0.1) is 18.8 Å². The Morgan fingerprint density at radius 3 is 2.95 bits per heavy atom. The van der Waals surface area contributed by atoms with Crippen molar-refractivity contribution in [3.8, 4) is 5.75 Å². The SMILES string of the molecule is CNCCc1cccc(OCCN2CCC23COC3)c1. The van der Waals surface area contributed by atoms with Crippen LogP contribution < -0.4 is 10.1 Å². The lowest BCUT2D eigenvalue weighted by Crippen LogP contribution is -2.71. The molecule has 1 N–H and O–H groups in total. The number of hydrogen-bond acceptors (Lipinski definition) is 4. The molecule has 2 saturated heterocycles. The highest BCUT2D eigenvalue weighted by molar-refractivity contribution is 5.28. The Morgan fingerprint density at radius 2 is 2.30 bits per heavy atom. The van der Waals surface area contributed by atoms with Crippen molar-refractivity contribution in [1.29, 1.82) is 0 Å². The molecule has 4 heteroatoms. The van der Waals surface area contributed by atoms with E-state index in [4.69, 9.17) is 9.47 Å². The van der Waals surface area contributed by atoms with Crippen molar-refractivity contribution in [3.05, 3.63) is 29.8 Å². The summed E-state index contributed by atoms with van der Waals surface area (Å²) < 4.78 is 11.2. The summed E-state index contributed by atoms with van der Waals surface area (Å²) in [6, 6.07) is 8.42. The van der Waals surface area contributed by atoms with Crippen LogP contribution in [0.4, 0.5) is 0 Å². The molecule has 1 spiro atoms. The largest absolute Gasteiger partial charge is 0.492 e. The molecule has 0 saturated carbocycles. The molecule has 3 rings (SSSR count). The van der Waals surface area contributed by atoms with Gasteiger partial charge < -0.3 is 14.8 Å². The molecule has 20 heavy (non-hydrogen) atoms. The third-order valence-corrected chi connectivity index (χ3v) is 4.45. The average Bonchev–Trinajstić information content (AvgIpc) is 2.39. The maximum atomic E-state index is 5.89. The highest BCUT2D eigenvalue weighted by atomic mass is 16.5. The van der Waals surface area contributed by atoms with Gasteiger partial charge in [-0.3, -0.25) is 4.90 Å². The normalized spacial score (nSPS) is 20.4. The topological polar surface area (TPSA) is 33.7 Å². The van der Waals surface area contributed by atoms with Crippen molar-refractivity contribution >= 4 is 0 Å². The van der Waals surface area contributed by atoms with Crippen molar-refractivity contribution in [1.82, 2.24) is 10.2 Å². The van der Waals surface area contributed by atoms with E-state index in [9.17, 15) is 0 Å². The van der Waals surface area contributed by atoms with Crippen molar-refractivity contribution in [3.63, 3.8) is 0 Å². The molecule has 1 aromatic carbocycles. The van der Waals surface area contributed by atoms with Gasteiger partial charge in [0.25, 0.3) is 0 Å². The van der Waals surface area contributed by atoms with Crippen LogP contribution in [0.25, 0.3) is 0 Å². The summed E-state index contributed by atoms with van der Waals surface area (Å²) >= 11 is 0. The van der Waals surface area contributed by atoms with Crippen LogP contribution >= 0.6 is 0 Å². The van der Waals surface area contributed by atoms with Gasteiger partial charge in [-0.25, -0.2) is 0 Å². The molecule has 0 aliphatic carbocycles. The molecule has 0 bridgehead atoms. The summed E-state index contributed by atoms with van der Waals surface area (Å²) in [6.45, 7) is 5.77. The predicted octanol–water partition coefficient (Wildman–Crippen LogP) is 1.30. The van der Waals surface area contributed by atoms with E-state index in [0.29, 0.717) is 5.54 Å². The summed E-state index contributed by atoms with van der Waals surface area (Å²) in [7, 11) is 1.98.